The fourth-order valence-electron chi connectivity index (χ4n) is 4.24. The van der Waals surface area contributed by atoms with E-state index in [9.17, 15) is 15.3 Å². The van der Waals surface area contributed by atoms with E-state index in [0.717, 1.165) is 11.1 Å². The molecular weight excluding hydrogens is 300 g/mol. The van der Waals surface area contributed by atoms with Gasteiger partial charge >= 0.3 is 0 Å². The first-order valence-corrected chi connectivity index (χ1v) is 8.62. The molecule has 1 aliphatic carbocycles. The third kappa shape index (κ3) is 3.12. The van der Waals surface area contributed by atoms with Crippen molar-refractivity contribution in [3.05, 3.63) is 71.8 Å². The average molecular weight is 326 g/mol. The standard InChI is InChI=1S/C21H26O3/c22-15-20(13-17-7-3-1-4-8-17)11-12-21(16-23,19(20)24)14-18-9-5-2-6-10-18/h1-10,19,22-24H,11-16H2. The molecule has 0 bridgehead atoms. The number of hydrogen-bond donors (Lipinski definition) is 3. The van der Waals surface area contributed by atoms with Crippen LogP contribution in [0.15, 0.2) is 60.7 Å². The van der Waals surface area contributed by atoms with Crippen LogP contribution in [0.2, 0.25) is 0 Å². The molecular formula is C21H26O3. The van der Waals surface area contributed by atoms with E-state index >= 15 is 0 Å². The molecule has 128 valence electrons. The summed E-state index contributed by atoms with van der Waals surface area (Å²) in [5.74, 6) is 0. The highest BCUT2D eigenvalue weighted by Gasteiger charge is 2.55. The third-order valence-electron chi connectivity index (χ3n) is 5.71. The van der Waals surface area contributed by atoms with Crippen molar-refractivity contribution < 1.29 is 15.3 Å². The molecule has 24 heavy (non-hydrogen) atoms. The van der Waals surface area contributed by atoms with Gasteiger partial charge in [0.1, 0.15) is 0 Å². The molecule has 3 N–H and O–H groups in total. The molecule has 0 spiro atoms. The summed E-state index contributed by atoms with van der Waals surface area (Å²) in [6.45, 7) is -0.140. The average Bonchev–Trinajstić information content (AvgIpc) is 2.90. The Bertz CT molecular complexity index is 585. The zero-order valence-corrected chi connectivity index (χ0v) is 13.9. The molecule has 0 amide bonds. The normalized spacial score (nSPS) is 29.7. The molecule has 2 aromatic carbocycles. The fraction of sp³-hybridized carbons (Fsp3) is 0.429. The second-order valence-corrected chi connectivity index (χ2v) is 7.27. The molecule has 3 rings (SSSR count). The first-order valence-electron chi connectivity index (χ1n) is 8.62. The lowest BCUT2D eigenvalue weighted by atomic mass is 9.71. The van der Waals surface area contributed by atoms with Crippen molar-refractivity contribution in [2.45, 2.75) is 31.8 Å². The number of aliphatic hydroxyl groups is 3. The van der Waals surface area contributed by atoms with Crippen LogP contribution in [0.25, 0.3) is 0 Å². The van der Waals surface area contributed by atoms with Crippen molar-refractivity contribution in [1.29, 1.82) is 0 Å². The highest BCUT2D eigenvalue weighted by Crippen LogP contribution is 2.52. The highest BCUT2D eigenvalue weighted by molar-refractivity contribution is 5.22. The Morgan fingerprint density at radius 1 is 0.708 bits per heavy atom. The van der Waals surface area contributed by atoms with Crippen molar-refractivity contribution in [2.24, 2.45) is 10.8 Å². The van der Waals surface area contributed by atoms with Crippen LogP contribution in [0.1, 0.15) is 24.0 Å². The topological polar surface area (TPSA) is 60.7 Å². The molecule has 0 radical (unpaired) electrons. The maximum atomic E-state index is 11.2. The van der Waals surface area contributed by atoms with E-state index in [0.29, 0.717) is 25.7 Å². The SMILES string of the molecule is OCC1(Cc2ccccc2)CCC(CO)(Cc2ccccc2)C1O. The summed E-state index contributed by atoms with van der Waals surface area (Å²) in [6.07, 6.45) is 1.95. The molecule has 0 aromatic heterocycles. The summed E-state index contributed by atoms with van der Waals surface area (Å²) in [5.41, 5.74) is 1.05. The van der Waals surface area contributed by atoms with Crippen LogP contribution in [0.3, 0.4) is 0 Å². The minimum absolute atomic E-state index is 0.0698. The zero-order valence-electron chi connectivity index (χ0n) is 13.9. The quantitative estimate of drug-likeness (QED) is 0.765. The highest BCUT2D eigenvalue weighted by atomic mass is 16.3. The van der Waals surface area contributed by atoms with E-state index in [1.165, 1.54) is 0 Å². The molecule has 1 saturated carbocycles. The second kappa shape index (κ2) is 7.06. The predicted octanol–water partition coefficient (Wildman–Crippen LogP) is 2.58. The van der Waals surface area contributed by atoms with E-state index in [-0.39, 0.29) is 13.2 Å². The summed E-state index contributed by atoms with van der Waals surface area (Å²) in [6, 6.07) is 20.0. The number of aliphatic hydroxyl groups excluding tert-OH is 3. The van der Waals surface area contributed by atoms with Gasteiger partial charge in [0, 0.05) is 10.8 Å². The van der Waals surface area contributed by atoms with Gasteiger partial charge in [-0.25, -0.2) is 0 Å². The number of rotatable bonds is 6. The zero-order chi connectivity index (χ0) is 17.0. The molecule has 0 saturated heterocycles. The van der Waals surface area contributed by atoms with Gasteiger partial charge in [0.15, 0.2) is 0 Å². The second-order valence-electron chi connectivity index (χ2n) is 7.27. The van der Waals surface area contributed by atoms with Crippen LogP contribution >= 0.6 is 0 Å². The van der Waals surface area contributed by atoms with Crippen molar-refractivity contribution in [1.82, 2.24) is 0 Å². The summed E-state index contributed by atoms with van der Waals surface area (Å²) in [4.78, 5) is 0. The maximum Gasteiger partial charge on any atom is 0.0702 e. The van der Waals surface area contributed by atoms with Gasteiger partial charge in [0.25, 0.3) is 0 Å². The Balaban J connectivity index is 1.86. The summed E-state index contributed by atoms with van der Waals surface area (Å²) < 4.78 is 0. The smallest absolute Gasteiger partial charge is 0.0702 e. The van der Waals surface area contributed by atoms with Crippen LogP contribution in [0.5, 0.6) is 0 Å². The summed E-state index contributed by atoms with van der Waals surface area (Å²) in [7, 11) is 0. The van der Waals surface area contributed by atoms with Gasteiger partial charge in [-0.1, -0.05) is 60.7 Å². The van der Waals surface area contributed by atoms with Crippen molar-refractivity contribution in [3.63, 3.8) is 0 Å². The molecule has 1 aliphatic rings. The lowest BCUT2D eigenvalue weighted by Gasteiger charge is -2.38. The molecule has 2 unspecified atom stereocenters. The Labute approximate surface area is 143 Å². The van der Waals surface area contributed by atoms with Crippen LogP contribution < -0.4 is 0 Å². The van der Waals surface area contributed by atoms with Crippen LogP contribution in [-0.2, 0) is 12.8 Å². The molecule has 1 fully saturated rings. The van der Waals surface area contributed by atoms with Crippen LogP contribution in [-0.4, -0.2) is 34.6 Å². The van der Waals surface area contributed by atoms with Gasteiger partial charge in [0.2, 0.25) is 0 Å². The Hall–Kier alpha value is -1.68. The Morgan fingerprint density at radius 3 is 1.42 bits per heavy atom. The first-order chi connectivity index (χ1) is 11.6. The van der Waals surface area contributed by atoms with Crippen molar-refractivity contribution >= 4 is 0 Å². The van der Waals surface area contributed by atoms with Crippen molar-refractivity contribution in [2.75, 3.05) is 13.2 Å². The van der Waals surface area contributed by atoms with E-state index in [4.69, 9.17) is 0 Å². The van der Waals surface area contributed by atoms with E-state index < -0.39 is 16.9 Å². The van der Waals surface area contributed by atoms with Crippen molar-refractivity contribution in [3.8, 4) is 0 Å². The molecule has 2 atom stereocenters. The van der Waals surface area contributed by atoms with Gasteiger partial charge in [-0.3, -0.25) is 0 Å². The Kier molecular flexibility index (Phi) is 5.04. The lowest BCUT2D eigenvalue weighted by molar-refractivity contribution is -0.0685. The van der Waals surface area contributed by atoms with Crippen LogP contribution in [0, 0.1) is 10.8 Å². The monoisotopic (exact) mass is 326 g/mol. The minimum atomic E-state index is -0.736. The van der Waals surface area contributed by atoms with Gasteiger partial charge in [0.05, 0.1) is 19.3 Å². The molecule has 2 aromatic rings. The molecule has 0 heterocycles. The van der Waals surface area contributed by atoms with E-state index in [2.05, 4.69) is 0 Å². The molecule has 0 aliphatic heterocycles. The first kappa shape index (κ1) is 17.2. The van der Waals surface area contributed by atoms with E-state index in [1.807, 2.05) is 60.7 Å². The predicted molar refractivity (Wildman–Crippen MR) is 94.6 cm³/mol. The minimum Gasteiger partial charge on any atom is -0.396 e. The molecule has 3 nitrogen and oxygen atoms in total. The van der Waals surface area contributed by atoms with Gasteiger partial charge in [-0.05, 0) is 36.8 Å². The number of benzene rings is 2. The summed E-state index contributed by atoms with van der Waals surface area (Å²) >= 11 is 0. The summed E-state index contributed by atoms with van der Waals surface area (Å²) in [5, 5.41) is 31.4. The van der Waals surface area contributed by atoms with Gasteiger partial charge in [-0.15, -0.1) is 0 Å². The maximum absolute atomic E-state index is 11.2. The lowest BCUT2D eigenvalue weighted by Crippen LogP contribution is -2.46. The Morgan fingerprint density at radius 2 is 1.08 bits per heavy atom. The van der Waals surface area contributed by atoms with Crippen LogP contribution in [0.4, 0.5) is 0 Å². The fourth-order valence-corrected chi connectivity index (χ4v) is 4.24. The van der Waals surface area contributed by atoms with E-state index in [1.54, 1.807) is 0 Å². The van der Waals surface area contributed by atoms with Gasteiger partial charge < -0.3 is 15.3 Å². The van der Waals surface area contributed by atoms with Gasteiger partial charge in [-0.2, -0.15) is 0 Å². The molecule has 3 heteroatoms. The largest absolute Gasteiger partial charge is 0.396 e. The third-order valence-corrected chi connectivity index (χ3v) is 5.71. The number of hydrogen-bond acceptors (Lipinski definition) is 3.